The van der Waals surface area contributed by atoms with Gasteiger partial charge in [-0.2, -0.15) is 0 Å². The van der Waals surface area contributed by atoms with Crippen molar-refractivity contribution in [1.82, 2.24) is 4.98 Å². The molecule has 0 bridgehead atoms. The highest BCUT2D eigenvalue weighted by molar-refractivity contribution is 6.11. The molecular formula is C21H18FN3O3. The van der Waals surface area contributed by atoms with Crippen LogP contribution in [-0.2, 0) is 0 Å². The molecule has 3 aromatic rings. The van der Waals surface area contributed by atoms with Crippen molar-refractivity contribution in [2.75, 3.05) is 24.4 Å². The maximum absolute atomic E-state index is 13.7. The van der Waals surface area contributed by atoms with Crippen LogP contribution in [-0.4, -0.2) is 25.1 Å². The molecule has 0 unspecified atom stereocenters. The lowest BCUT2D eigenvalue weighted by Gasteiger charge is -2.28. The maximum Gasteiger partial charge on any atom is 0.262 e. The van der Waals surface area contributed by atoms with Crippen LogP contribution in [0.5, 0.6) is 11.5 Å². The van der Waals surface area contributed by atoms with E-state index in [1.54, 1.807) is 60.7 Å². The Kier molecular flexibility index (Phi) is 4.57. The van der Waals surface area contributed by atoms with Crippen molar-refractivity contribution in [2.24, 2.45) is 0 Å². The first kappa shape index (κ1) is 17.8. The number of carbonyl (C=O) groups is 1. The lowest BCUT2D eigenvalue weighted by atomic mass is 10.2. The number of halogens is 1. The number of amides is 1. The van der Waals surface area contributed by atoms with Crippen LogP contribution in [0.3, 0.4) is 0 Å². The van der Waals surface area contributed by atoms with Gasteiger partial charge in [-0.25, -0.2) is 4.39 Å². The van der Waals surface area contributed by atoms with Gasteiger partial charge in [0.1, 0.15) is 17.3 Å². The van der Waals surface area contributed by atoms with Gasteiger partial charge >= 0.3 is 0 Å². The first-order valence-corrected chi connectivity index (χ1v) is 8.65. The van der Waals surface area contributed by atoms with Gasteiger partial charge in [0.05, 0.1) is 31.2 Å². The lowest BCUT2D eigenvalue weighted by Crippen LogP contribution is -2.32. The van der Waals surface area contributed by atoms with Crippen molar-refractivity contribution in [3.05, 3.63) is 77.9 Å². The van der Waals surface area contributed by atoms with Crippen LogP contribution in [0.1, 0.15) is 22.2 Å². The second-order valence-corrected chi connectivity index (χ2v) is 6.21. The van der Waals surface area contributed by atoms with Crippen molar-refractivity contribution in [3.63, 3.8) is 0 Å². The standard InChI is InChI=1S/C21H18FN3O3/c1-27-15-8-9-18(28-2)17(12-15)25-20(24-14-6-3-5-13(22)11-14)19-16(21(25)26)7-4-10-23-19/h3-12,20,24H,1-2H3/t20-/m1/s1. The third-order valence-electron chi connectivity index (χ3n) is 4.58. The monoisotopic (exact) mass is 379 g/mol. The number of carbonyl (C=O) groups excluding carboxylic acids is 1. The summed E-state index contributed by atoms with van der Waals surface area (Å²) in [6.07, 6.45) is 0.991. The van der Waals surface area contributed by atoms with Crippen LogP contribution in [0.4, 0.5) is 15.8 Å². The minimum Gasteiger partial charge on any atom is -0.497 e. The van der Waals surface area contributed by atoms with Crippen LogP contribution in [0, 0.1) is 5.82 Å². The zero-order valence-electron chi connectivity index (χ0n) is 15.3. The Morgan fingerprint density at radius 1 is 1.07 bits per heavy atom. The topological polar surface area (TPSA) is 63.7 Å². The number of methoxy groups -OCH3 is 2. The number of anilines is 2. The highest BCUT2D eigenvalue weighted by atomic mass is 19.1. The zero-order valence-corrected chi connectivity index (χ0v) is 15.3. The molecule has 1 aliphatic heterocycles. The zero-order chi connectivity index (χ0) is 19.7. The Morgan fingerprint density at radius 2 is 1.93 bits per heavy atom. The fourth-order valence-electron chi connectivity index (χ4n) is 3.29. The molecule has 6 nitrogen and oxygen atoms in total. The molecule has 0 spiro atoms. The van der Waals surface area contributed by atoms with Crippen molar-refractivity contribution in [2.45, 2.75) is 6.17 Å². The van der Waals surface area contributed by atoms with E-state index in [9.17, 15) is 9.18 Å². The number of rotatable bonds is 5. The van der Waals surface area contributed by atoms with E-state index < -0.39 is 6.17 Å². The van der Waals surface area contributed by atoms with Gasteiger partial charge in [-0.15, -0.1) is 0 Å². The average Bonchev–Trinajstić information content (AvgIpc) is 2.99. The molecule has 28 heavy (non-hydrogen) atoms. The minimum atomic E-state index is -0.633. The second kappa shape index (κ2) is 7.19. The molecule has 0 saturated heterocycles. The fourth-order valence-corrected chi connectivity index (χ4v) is 3.29. The van der Waals surface area contributed by atoms with Gasteiger partial charge in [0.2, 0.25) is 0 Å². The Balaban J connectivity index is 1.84. The molecule has 1 aromatic heterocycles. The molecule has 1 amide bonds. The molecule has 0 aliphatic carbocycles. The molecule has 1 N–H and O–H groups in total. The minimum absolute atomic E-state index is 0.233. The van der Waals surface area contributed by atoms with Gasteiger partial charge in [-0.3, -0.25) is 14.7 Å². The quantitative estimate of drug-likeness (QED) is 0.726. The Hall–Kier alpha value is -3.61. The second-order valence-electron chi connectivity index (χ2n) is 6.21. The summed E-state index contributed by atoms with van der Waals surface area (Å²) in [6.45, 7) is 0. The first-order chi connectivity index (χ1) is 13.6. The number of nitrogens with one attached hydrogen (secondary N) is 1. The molecule has 4 rings (SSSR count). The van der Waals surface area contributed by atoms with Crippen molar-refractivity contribution in [3.8, 4) is 11.5 Å². The number of aromatic nitrogens is 1. The van der Waals surface area contributed by atoms with E-state index >= 15 is 0 Å². The summed E-state index contributed by atoms with van der Waals surface area (Å²) >= 11 is 0. The SMILES string of the molecule is COc1ccc(OC)c(N2C(=O)c3cccnc3[C@@H]2Nc2cccc(F)c2)c1. The number of hydrogen-bond acceptors (Lipinski definition) is 5. The molecule has 0 radical (unpaired) electrons. The van der Waals surface area contributed by atoms with Gasteiger partial charge in [0.25, 0.3) is 5.91 Å². The predicted molar refractivity (Wildman–Crippen MR) is 103 cm³/mol. The molecule has 1 aliphatic rings. The largest absolute Gasteiger partial charge is 0.497 e. The molecule has 0 fully saturated rings. The average molecular weight is 379 g/mol. The molecule has 0 saturated carbocycles. The van der Waals surface area contributed by atoms with Crippen LogP contribution in [0.15, 0.2) is 60.8 Å². The van der Waals surface area contributed by atoms with E-state index in [1.807, 2.05) is 0 Å². The predicted octanol–water partition coefficient (Wildman–Crippen LogP) is 4.01. The highest BCUT2D eigenvalue weighted by Gasteiger charge is 2.40. The van der Waals surface area contributed by atoms with Crippen molar-refractivity contribution >= 4 is 17.3 Å². The van der Waals surface area contributed by atoms with Crippen LogP contribution >= 0.6 is 0 Å². The summed E-state index contributed by atoms with van der Waals surface area (Å²) < 4.78 is 24.5. The van der Waals surface area contributed by atoms with Gasteiger partial charge in [-0.05, 0) is 42.5 Å². The van der Waals surface area contributed by atoms with Gasteiger partial charge in [0.15, 0.2) is 6.17 Å². The Bertz CT molecular complexity index is 1040. The van der Waals surface area contributed by atoms with Crippen LogP contribution < -0.4 is 19.7 Å². The molecular weight excluding hydrogens is 361 g/mol. The van der Waals surface area contributed by atoms with Crippen molar-refractivity contribution in [1.29, 1.82) is 0 Å². The molecule has 1 atom stereocenters. The Morgan fingerprint density at radius 3 is 2.68 bits per heavy atom. The van der Waals surface area contributed by atoms with Crippen molar-refractivity contribution < 1.29 is 18.7 Å². The number of benzene rings is 2. The third kappa shape index (κ3) is 3.00. The summed E-state index contributed by atoms with van der Waals surface area (Å²) in [4.78, 5) is 19.1. The van der Waals surface area contributed by atoms with E-state index in [0.717, 1.165) is 0 Å². The molecule has 2 aromatic carbocycles. The first-order valence-electron chi connectivity index (χ1n) is 8.65. The number of pyridine rings is 1. The van der Waals surface area contributed by atoms with Gasteiger partial charge in [-0.1, -0.05) is 6.07 Å². The summed E-state index contributed by atoms with van der Waals surface area (Å²) in [5.74, 6) is 0.481. The van der Waals surface area contributed by atoms with Crippen LogP contribution in [0.2, 0.25) is 0 Å². The number of nitrogens with zero attached hydrogens (tertiary/aromatic N) is 2. The molecule has 2 heterocycles. The maximum atomic E-state index is 13.7. The fraction of sp³-hybridized carbons (Fsp3) is 0.143. The summed E-state index contributed by atoms with van der Waals surface area (Å²) in [6, 6.07) is 14.7. The smallest absolute Gasteiger partial charge is 0.262 e. The van der Waals surface area contributed by atoms with E-state index in [0.29, 0.717) is 34.1 Å². The number of ether oxygens (including phenoxy) is 2. The van der Waals surface area contributed by atoms with E-state index in [4.69, 9.17) is 9.47 Å². The van der Waals surface area contributed by atoms with Crippen LogP contribution in [0.25, 0.3) is 0 Å². The normalized spacial score (nSPS) is 15.3. The number of fused-ring (bicyclic) bond motifs is 1. The number of hydrogen-bond donors (Lipinski definition) is 1. The Labute approximate surface area is 161 Å². The van der Waals surface area contributed by atoms with E-state index in [-0.39, 0.29) is 11.7 Å². The van der Waals surface area contributed by atoms with Gasteiger partial charge in [0, 0.05) is 18.0 Å². The summed E-state index contributed by atoms with van der Waals surface area (Å²) in [7, 11) is 3.09. The molecule has 142 valence electrons. The highest BCUT2D eigenvalue weighted by Crippen LogP contribution is 2.42. The van der Waals surface area contributed by atoms with E-state index in [2.05, 4.69) is 10.3 Å². The lowest BCUT2D eigenvalue weighted by molar-refractivity contribution is 0.0992. The van der Waals surface area contributed by atoms with Gasteiger partial charge < -0.3 is 14.8 Å². The molecule has 7 heteroatoms. The summed E-state index contributed by atoms with van der Waals surface area (Å²) in [5, 5.41) is 3.21. The summed E-state index contributed by atoms with van der Waals surface area (Å²) in [5.41, 5.74) is 2.09. The van der Waals surface area contributed by atoms with E-state index in [1.165, 1.54) is 19.2 Å². The third-order valence-corrected chi connectivity index (χ3v) is 4.58.